The highest BCUT2D eigenvalue weighted by atomic mass is 32.1. The largest absolute Gasteiger partial charge is 0.338 e. The molecule has 3 amide bonds. The summed E-state index contributed by atoms with van der Waals surface area (Å²) in [5, 5.41) is 13.1. The molecule has 0 unspecified atom stereocenters. The number of carbonyl (C=O) groups is 2. The van der Waals surface area contributed by atoms with Gasteiger partial charge in [-0.25, -0.2) is 14.2 Å². The van der Waals surface area contributed by atoms with Crippen molar-refractivity contribution in [3.05, 3.63) is 58.0 Å². The molecule has 2 aromatic rings. The Hall–Kier alpha value is -2.74. The molecule has 3 rings (SSSR count). The number of hydrogen-bond acceptors (Lipinski definition) is 4. The lowest BCUT2D eigenvalue weighted by Crippen LogP contribution is -2.42. The summed E-state index contributed by atoms with van der Waals surface area (Å²) < 4.78 is 13.3. The van der Waals surface area contributed by atoms with E-state index in [4.69, 9.17) is 0 Å². The molecule has 2 heterocycles. The molecule has 1 aromatic heterocycles. The van der Waals surface area contributed by atoms with Crippen molar-refractivity contribution in [2.24, 2.45) is 5.10 Å². The Morgan fingerprint density at radius 3 is 2.70 bits per heavy atom. The lowest BCUT2D eigenvalue weighted by atomic mass is 10.0. The third-order valence-corrected chi connectivity index (χ3v) is 5.08. The lowest BCUT2D eigenvalue weighted by molar-refractivity contribution is -0.131. The first kappa shape index (κ1) is 19.0. The van der Waals surface area contributed by atoms with Gasteiger partial charge >= 0.3 is 6.03 Å². The first-order valence-electron chi connectivity index (χ1n) is 8.79. The summed E-state index contributed by atoms with van der Waals surface area (Å²) in [6, 6.07) is 9.24. The number of urea groups is 1. The van der Waals surface area contributed by atoms with E-state index in [1.165, 1.54) is 17.1 Å². The van der Waals surface area contributed by atoms with E-state index < -0.39 is 0 Å². The second kappa shape index (κ2) is 8.77. The van der Waals surface area contributed by atoms with Crippen LogP contribution in [0.2, 0.25) is 0 Å². The first-order valence-corrected chi connectivity index (χ1v) is 9.67. The Balaban J connectivity index is 1.75. The quantitative estimate of drug-likeness (QED) is 0.797. The van der Waals surface area contributed by atoms with E-state index in [1.54, 1.807) is 23.5 Å². The van der Waals surface area contributed by atoms with Crippen molar-refractivity contribution in [1.29, 1.82) is 0 Å². The molecular weight excluding hydrogens is 367 g/mol. The standard InChI is InChI=1S/C19H21FN4O2S/c1-2-9-21-19(26)22-12-18(25)24-16(13-5-7-14(20)8-6-13)11-15(23-24)17-4-3-10-27-17/h3-8,10,16H,2,9,11-12H2,1H3,(H2,21,22,26)/t16-/m1/s1. The van der Waals surface area contributed by atoms with E-state index in [0.717, 1.165) is 22.6 Å². The zero-order chi connectivity index (χ0) is 19.2. The number of nitrogens with zero attached hydrogens (tertiary/aromatic N) is 2. The van der Waals surface area contributed by atoms with E-state index in [2.05, 4.69) is 15.7 Å². The molecule has 1 atom stereocenters. The van der Waals surface area contributed by atoms with E-state index >= 15 is 0 Å². The Kier molecular flexibility index (Phi) is 6.18. The minimum atomic E-state index is -0.384. The fourth-order valence-electron chi connectivity index (χ4n) is 2.81. The molecule has 1 aliphatic heterocycles. The van der Waals surface area contributed by atoms with Crippen molar-refractivity contribution in [3.63, 3.8) is 0 Å². The number of rotatable bonds is 6. The van der Waals surface area contributed by atoms with Gasteiger partial charge in [0.15, 0.2) is 0 Å². The third kappa shape index (κ3) is 4.71. The van der Waals surface area contributed by atoms with Crippen LogP contribution in [0.4, 0.5) is 9.18 Å². The minimum Gasteiger partial charge on any atom is -0.338 e. The van der Waals surface area contributed by atoms with E-state index in [-0.39, 0.29) is 30.3 Å². The zero-order valence-electron chi connectivity index (χ0n) is 14.9. The molecule has 2 N–H and O–H groups in total. The Bertz CT molecular complexity index is 821. The Morgan fingerprint density at radius 2 is 2.04 bits per heavy atom. The van der Waals surface area contributed by atoms with Gasteiger partial charge in [0.2, 0.25) is 0 Å². The molecule has 0 aliphatic carbocycles. The monoisotopic (exact) mass is 388 g/mol. The maximum absolute atomic E-state index is 13.3. The number of carbonyl (C=O) groups excluding carboxylic acids is 2. The van der Waals surface area contributed by atoms with Gasteiger partial charge in [0.05, 0.1) is 16.6 Å². The van der Waals surface area contributed by atoms with Crippen LogP contribution in [-0.4, -0.2) is 35.7 Å². The van der Waals surface area contributed by atoms with Crippen LogP contribution in [0, 0.1) is 5.82 Å². The van der Waals surface area contributed by atoms with Crippen molar-refractivity contribution in [2.45, 2.75) is 25.8 Å². The Labute approximate surface area is 161 Å². The SMILES string of the molecule is CCCNC(=O)NCC(=O)N1N=C(c2cccs2)C[C@@H]1c1ccc(F)cc1. The van der Waals surface area contributed by atoms with Gasteiger partial charge in [0, 0.05) is 13.0 Å². The van der Waals surface area contributed by atoms with Crippen LogP contribution >= 0.6 is 11.3 Å². The van der Waals surface area contributed by atoms with Gasteiger partial charge in [-0.1, -0.05) is 25.1 Å². The summed E-state index contributed by atoms with van der Waals surface area (Å²) in [5.74, 6) is -0.647. The number of benzene rings is 1. The second-order valence-electron chi connectivity index (χ2n) is 6.14. The molecule has 1 aromatic carbocycles. The van der Waals surface area contributed by atoms with Gasteiger partial charge in [-0.2, -0.15) is 5.10 Å². The molecule has 1 aliphatic rings. The van der Waals surface area contributed by atoms with Crippen LogP contribution in [0.1, 0.15) is 36.2 Å². The van der Waals surface area contributed by atoms with E-state index in [9.17, 15) is 14.0 Å². The molecule has 0 radical (unpaired) electrons. The predicted octanol–water partition coefficient (Wildman–Crippen LogP) is 3.27. The van der Waals surface area contributed by atoms with E-state index in [1.807, 2.05) is 24.4 Å². The van der Waals surface area contributed by atoms with Crippen LogP contribution < -0.4 is 10.6 Å². The summed E-state index contributed by atoms with van der Waals surface area (Å²) in [5.41, 5.74) is 1.61. The van der Waals surface area contributed by atoms with Crippen LogP contribution in [0.3, 0.4) is 0 Å². The normalized spacial score (nSPS) is 16.1. The third-order valence-electron chi connectivity index (χ3n) is 4.16. The van der Waals surface area contributed by atoms with Gasteiger partial charge in [-0.3, -0.25) is 4.79 Å². The predicted molar refractivity (Wildman–Crippen MR) is 103 cm³/mol. The fourth-order valence-corrected chi connectivity index (χ4v) is 3.54. The van der Waals surface area contributed by atoms with Gasteiger partial charge in [-0.15, -0.1) is 11.3 Å². The minimum absolute atomic E-state index is 0.158. The van der Waals surface area contributed by atoms with Gasteiger partial charge in [-0.05, 0) is 35.6 Å². The number of hydrazone groups is 1. The molecule has 8 heteroatoms. The van der Waals surface area contributed by atoms with Gasteiger partial charge in [0.25, 0.3) is 5.91 Å². The van der Waals surface area contributed by atoms with Gasteiger partial charge in [0.1, 0.15) is 12.4 Å². The molecule has 142 valence electrons. The molecule has 0 saturated heterocycles. The molecule has 0 bridgehead atoms. The molecule has 6 nitrogen and oxygen atoms in total. The van der Waals surface area contributed by atoms with Crippen molar-refractivity contribution in [2.75, 3.05) is 13.1 Å². The number of halogens is 1. The number of nitrogens with one attached hydrogen (secondary N) is 2. The molecule has 0 saturated carbocycles. The highest BCUT2D eigenvalue weighted by Crippen LogP contribution is 2.33. The second-order valence-corrected chi connectivity index (χ2v) is 7.09. The summed E-state index contributed by atoms with van der Waals surface area (Å²) in [6.07, 6.45) is 1.36. The van der Waals surface area contributed by atoms with Crippen LogP contribution in [-0.2, 0) is 4.79 Å². The summed E-state index contributed by atoms with van der Waals surface area (Å²) >= 11 is 1.55. The average Bonchev–Trinajstić information content (AvgIpc) is 3.34. The van der Waals surface area contributed by atoms with Crippen LogP contribution in [0.25, 0.3) is 0 Å². The van der Waals surface area contributed by atoms with Crippen LogP contribution in [0.15, 0.2) is 46.9 Å². The highest BCUT2D eigenvalue weighted by Gasteiger charge is 2.33. The van der Waals surface area contributed by atoms with Crippen molar-refractivity contribution in [3.8, 4) is 0 Å². The summed E-state index contributed by atoms with van der Waals surface area (Å²) in [4.78, 5) is 25.4. The van der Waals surface area contributed by atoms with Crippen molar-refractivity contribution >= 4 is 29.0 Å². The lowest BCUT2D eigenvalue weighted by Gasteiger charge is -2.22. The van der Waals surface area contributed by atoms with Gasteiger partial charge < -0.3 is 10.6 Å². The average molecular weight is 388 g/mol. The number of amides is 3. The number of thiophene rings is 1. The maximum atomic E-state index is 13.3. The summed E-state index contributed by atoms with van der Waals surface area (Å²) in [7, 11) is 0. The first-order chi connectivity index (χ1) is 13.1. The molecule has 0 spiro atoms. The van der Waals surface area contributed by atoms with Crippen molar-refractivity contribution in [1.82, 2.24) is 15.6 Å². The maximum Gasteiger partial charge on any atom is 0.315 e. The van der Waals surface area contributed by atoms with E-state index in [0.29, 0.717) is 13.0 Å². The summed E-state index contributed by atoms with van der Waals surface area (Å²) in [6.45, 7) is 2.33. The molecule has 0 fully saturated rings. The van der Waals surface area contributed by atoms with Crippen molar-refractivity contribution < 1.29 is 14.0 Å². The Morgan fingerprint density at radius 1 is 1.26 bits per heavy atom. The van der Waals surface area contributed by atoms with Crippen LogP contribution in [0.5, 0.6) is 0 Å². The fraction of sp³-hybridized carbons (Fsp3) is 0.316. The smallest absolute Gasteiger partial charge is 0.315 e. The topological polar surface area (TPSA) is 73.8 Å². The molecule has 27 heavy (non-hydrogen) atoms. The number of hydrogen-bond donors (Lipinski definition) is 2. The molecular formula is C19H21FN4O2S. The highest BCUT2D eigenvalue weighted by molar-refractivity contribution is 7.12. The zero-order valence-corrected chi connectivity index (χ0v) is 15.8.